The highest BCUT2D eigenvalue weighted by molar-refractivity contribution is 6.33. The molecule has 19 heavy (non-hydrogen) atoms. The molecule has 3 nitrogen and oxygen atoms in total. The number of aryl methyl sites for hydroxylation is 1. The Labute approximate surface area is 114 Å². The number of imidazole rings is 1. The second kappa shape index (κ2) is 4.24. The molecule has 96 valence electrons. The van der Waals surface area contributed by atoms with Gasteiger partial charge in [-0.05, 0) is 36.8 Å². The standard InChI is InChI=1S/C14H11ClFN3/c1-8-4-5-9(16)7-10(8)12-13(17)19-6-2-3-11(15)14(19)18-12/h2-7H,17H2,1H3. The summed E-state index contributed by atoms with van der Waals surface area (Å²) in [5.41, 5.74) is 8.78. The molecule has 3 rings (SSSR count). The zero-order valence-electron chi connectivity index (χ0n) is 10.2. The molecule has 0 saturated heterocycles. The fraction of sp³-hybridized carbons (Fsp3) is 0.0714. The number of hydrogen-bond donors (Lipinski definition) is 1. The van der Waals surface area contributed by atoms with Gasteiger partial charge in [-0.25, -0.2) is 9.37 Å². The van der Waals surface area contributed by atoms with Gasteiger partial charge in [0.15, 0.2) is 5.65 Å². The van der Waals surface area contributed by atoms with Gasteiger partial charge in [-0.1, -0.05) is 17.7 Å². The van der Waals surface area contributed by atoms with Crippen LogP contribution in [0, 0.1) is 12.7 Å². The highest BCUT2D eigenvalue weighted by Crippen LogP contribution is 2.31. The molecule has 0 saturated carbocycles. The highest BCUT2D eigenvalue weighted by atomic mass is 35.5. The van der Waals surface area contributed by atoms with Crippen molar-refractivity contribution in [2.24, 2.45) is 0 Å². The molecule has 2 N–H and O–H groups in total. The molecular formula is C14H11ClFN3. The maximum atomic E-state index is 13.4. The summed E-state index contributed by atoms with van der Waals surface area (Å²) in [6, 6.07) is 8.08. The van der Waals surface area contributed by atoms with Crippen LogP contribution in [-0.4, -0.2) is 9.38 Å². The summed E-state index contributed by atoms with van der Waals surface area (Å²) in [6.07, 6.45) is 1.78. The fourth-order valence-corrected chi connectivity index (χ4v) is 2.31. The molecule has 0 radical (unpaired) electrons. The third-order valence-electron chi connectivity index (χ3n) is 3.09. The van der Waals surface area contributed by atoms with E-state index in [2.05, 4.69) is 4.98 Å². The van der Waals surface area contributed by atoms with E-state index in [-0.39, 0.29) is 5.82 Å². The number of aromatic nitrogens is 2. The Balaban J connectivity index is 2.34. The maximum Gasteiger partial charge on any atom is 0.157 e. The lowest BCUT2D eigenvalue weighted by atomic mass is 10.1. The summed E-state index contributed by atoms with van der Waals surface area (Å²) in [7, 11) is 0. The second-order valence-electron chi connectivity index (χ2n) is 4.35. The van der Waals surface area contributed by atoms with Crippen molar-refractivity contribution >= 4 is 23.1 Å². The minimum absolute atomic E-state index is 0.317. The molecule has 0 fully saturated rings. The number of benzene rings is 1. The predicted octanol–water partition coefficient (Wildman–Crippen LogP) is 3.68. The quantitative estimate of drug-likeness (QED) is 0.736. The van der Waals surface area contributed by atoms with Gasteiger partial charge in [-0.3, -0.25) is 4.40 Å². The number of pyridine rings is 1. The van der Waals surface area contributed by atoms with Crippen molar-refractivity contribution in [2.75, 3.05) is 5.73 Å². The first kappa shape index (κ1) is 12.0. The van der Waals surface area contributed by atoms with Gasteiger partial charge in [0.05, 0.1) is 5.02 Å². The van der Waals surface area contributed by atoms with Crippen LogP contribution >= 0.6 is 11.6 Å². The minimum Gasteiger partial charge on any atom is -0.383 e. The molecule has 0 unspecified atom stereocenters. The molecule has 0 spiro atoms. The third kappa shape index (κ3) is 1.85. The van der Waals surface area contributed by atoms with Gasteiger partial charge >= 0.3 is 0 Å². The van der Waals surface area contributed by atoms with Gasteiger partial charge in [0.25, 0.3) is 0 Å². The van der Waals surface area contributed by atoms with Crippen molar-refractivity contribution in [3.8, 4) is 11.3 Å². The molecule has 3 aromatic rings. The van der Waals surface area contributed by atoms with Crippen LogP contribution in [0.5, 0.6) is 0 Å². The van der Waals surface area contributed by atoms with Crippen molar-refractivity contribution in [1.82, 2.24) is 9.38 Å². The first-order valence-electron chi connectivity index (χ1n) is 5.76. The van der Waals surface area contributed by atoms with Crippen molar-refractivity contribution in [2.45, 2.75) is 6.92 Å². The number of anilines is 1. The SMILES string of the molecule is Cc1ccc(F)cc1-c1nc2c(Cl)cccn2c1N. The van der Waals surface area contributed by atoms with Crippen LogP contribution < -0.4 is 5.73 Å². The van der Waals surface area contributed by atoms with E-state index < -0.39 is 0 Å². The van der Waals surface area contributed by atoms with Gasteiger partial charge < -0.3 is 5.73 Å². The maximum absolute atomic E-state index is 13.4. The second-order valence-corrected chi connectivity index (χ2v) is 4.76. The predicted molar refractivity (Wildman–Crippen MR) is 74.7 cm³/mol. The van der Waals surface area contributed by atoms with Crippen molar-refractivity contribution in [1.29, 1.82) is 0 Å². The minimum atomic E-state index is -0.317. The molecule has 0 aliphatic carbocycles. The summed E-state index contributed by atoms with van der Waals surface area (Å²) < 4.78 is 15.1. The molecule has 2 heterocycles. The van der Waals surface area contributed by atoms with E-state index in [0.717, 1.165) is 5.56 Å². The zero-order chi connectivity index (χ0) is 13.6. The van der Waals surface area contributed by atoms with E-state index in [1.807, 2.05) is 6.92 Å². The number of nitrogens with zero attached hydrogens (tertiary/aromatic N) is 2. The van der Waals surface area contributed by atoms with Gasteiger partial charge in [-0.15, -0.1) is 0 Å². The van der Waals surface area contributed by atoms with Gasteiger partial charge in [-0.2, -0.15) is 0 Å². The van der Waals surface area contributed by atoms with E-state index in [1.165, 1.54) is 12.1 Å². The largest absolute Gasteiger partial charge is 0.383 e. The Morgan fingerprint density at radius 3 is 2.84 bits per heavy atom. The Kier molecular flexibility index (Phi) is 2.68. The van der Waals surface area contributed by atoms with Crippen molar-refractivity contribution in [3.05, 3.63) is 52.9 Å². The van der Waals surface area contributed by atoms with E-state index in [4.69, 9.17) is 17.3 Å². The molecule has 0 aliphatic heterocycles. The molecule has 0 amide bonds. The molecule has 2 aromatic heterocycles. The number of fused-ring (bicyclic) bond motifs is 1. The number of rotatable bonds is 1. The van der Waals surface area contributed by atoms with Gasteiger partial charge in [0.1, 0.15) is 17.3 Å². The lowest BCUT2D eigenvalue weighted by Gasteiger charge is -2.03. The molecule has 0 atom stereocenters. The monoisotopic (exact) mass is 275 g/mol. The molecule has 1 aromatic carbocycles. The van der Waals surface area contributed by atoms with Gasteiger partial charge in [0, 0.05) is 11.8 Å². The van der Waals surface area contributed by atoms with Crippen LogP contribution in [0.4, 0.5) is 10.2 Å². The average Bonchev–Trinajstić information content (AvgIpc) is 2.72. The molecule has 5 heteroatoms. The van der Waals surface area contributed by atoms with E-state index in [9.17, 15) is 4.39 Å². The molecule has 0 aliphatic rings. The molecular weight excluding hydrogens is 265 g/mol. The third-order valence-corrected chi connectivity index (χ3v) is 3.39. The van der Waals surface area contributed by atoms with E-state index in [0.29, 0.717) is 27.7 Å². The number of hydrogen-bond acceptors (Lipinski definition) is 2. The van der Waals surface area contributed by atoms with Crippen LogP contribution in [0.2, 0.25) is 5.02 Å². The lowest BCUT2D eigenvalue weighted by Crippen LogP contribution is -1.95. The number of halogens is 2. The van der Waals surface area contributed by atoms with Crippen LogP contribution in [0.15, 0.2) is 36.5 Å². The zero-order valence-corrected chi connectivity index (χ0v) is 10.9. The number of nitrogen functional groups attached to an aromatic ring is 1. The summed E-state index contributed by atoms with van der Waals surface area (Å²) >= 11 is 6.09. The Hall–Kier alpha value is -2.07. The number of nitrogens with two attached hydrogens (primary N) is 1. The van der Waals surface area contributed by atoms with E-state index >= 15 is 0 Å². The normalized spacial score (nSPS) is 11.1. The van der Waals surface area contributed by atoms with Crippen LogP contribution in [-0.2, 0) is 0 Å². The smallest absolute Gasteiger partial charge is 0.157 e. The highest BCUT2D eigenvalue weighted by Gasteiger charge is 2.15. The first-order valence-corrected chi connectivity index (χ1v) is 6.14. The van der Waals surface area contributed by atoms with Gasteiger partial charge in [0.2, 0.25) is 0 Å². The van der Waals surface area contributed by atoms with E-state index in [1.54, 1.807) is 28.8 Å². The fourth-order valence-electron chi connectivity index (χ4n) is 2.10. The van der Waals surface area contributed by atoms with Crippen LogP contribution in [0.25, 0.3) is 16.9 Å². The Morgan fingerprint density at radius 1 is 1.32 bits per heavy atom. The topological polar surface area (TPSA) is 43.3 Å². The summed E-state index contributed by atoms with van der Waals surface area (Å²) in [5, 5.41) is 0.509. The Morgan fingerprint density at radius 2 is 2.11 bits per heavy atom. The summed E-state index contributed by atoms with van der Waals surface area (Å²) in [4.78, 5) is 4.42. The van der Waals surface area contributed by atoms with Crippen molar-refractivity contribution < 1.29 is 4.39 Å². The first-order chi connectivity index (χ1) is 9.08. The summed E-state index contributed by atoms with van der Waals surface area (Å²) in [5.74, 6) is 0.134. The molecule has 0 bridgehead atoms. The van der Waals surface area contributed by atoms with Crippen LogP contribution in [0.3, 0.4) is 0 Å². The average molecular weight is 276 g/mol. The van der Waals surface area contributed by atoms with Crippen LogP contribution in [0.1, 0.15) is 5.56 Å². The lowest BCUT2D eigenvalue weighted by molar-refractivity contribution is 0.628. The summed E-state index contributed by atoms with van der Waals surface area (Å²) in [6.45, 7) is 1.89. The Bertz CT molecular complexity index is 780. The van der Waals surface area contributed by atoms with Crippen molar-refractivity contribution in [3.63, 3.8) is 0 Å².